The predicted octanol–water partition coefficient (Wildman–Crippen LogP) is 2.63. The third kappa shape index (κ3) is 2.32. The molecule has 0 saturated heterocycles. The molecular formula is C12H17N3O. The molecule has 0 aliphatic carbocycles. The van der Waals surface area contributed by atoms with Gasteiger partial charge in [0.05, 0.1) is 6.54 Å². The van der Waals surface area contributed by atoms with E-state index in [1.165, 1.54) is 0 Å². The Morgan fingerprint density at radius 2 is 1.88 bits per heavy atom. The Morgan fingerprint density at radius 1 is 1.19 bits per heavy atom. The van der Waals surface area contributed by atoms with Crippen molar-refractivity contribution >= 4 is 11.0 Å². The van der Waals surface area contributed by atoms with E-state index in [1.54, 1.807) is 4.80 Å². The second-order valence-corrected chi connectivity index (χ2v) is 4.75. The van der Waals surface area contributed by atoms with Crippen LogP contribution in [0.1, 0.15) is 27.7 Å². The van der Waals surface area contributed by atoms with Crippen LogP contribution in [0.5, 0.6) is 5.75 Å². The fraction of sp³-hybridized carbons (Fsp3) is 0.500. The zero-order valence-corrected chi connectivity index (χ0v) is 10.2. The molecule has 0 saturated carbocycles. The molecule has 0 fully saturated rings. The van der Waals surface area contributed by atoms with Gasteiger partial charge in [0, 0.05) is 6.07 Å². The first kappa shape index (κ1) is 10.9. The molecule has 16 heavy (non-hydrogen) atoms. The number of benzene rings is 1. The fourth-order valence-electron chi connectivity index (χ4n) is 1.50. The average molecular weight is 219 g/mol. The molecule has 0 N–H and O–H groups in total. The van der Waals surface area contributed by atoms with Crippen molar-refractivity contribution in [1.29, 1.82) is 0 Å². The second kappa shape index (κ2) is 3.77. The number of fused-ring (bicyclic) bond motifs is 1. The van der Waals surface area contributed by atoms with Crippen LogP contribution in [0.4, 0.5) is 0 Å². The van der Waals surface area contributed by atoms with Crippen molar-refractivity contribution in [2.45, 2.75) is 39.8 Å². The molecule has 1 aromatic heterocycles. The Balaban J connectivity index is 2.36. The van der Waals surface area contributed by atoms with Crippen molar-refractivity contribution in [2.75, 3.05) is 0 Å². The number of hydrogen-bond acceptors (Lipinski definition) is 3. The van der Waals surface area contributed by atoms with Crippen molar-refractivity contribution in [3.63, 3.8) is 0 Å². The molecule has 1 aromatic carbocycles. The summed E-state index contributed by atoms with van der Waals surface area (Å²) in [6.07, 6.45) is 0. The highest BCUT2D eigenvalue weighted by Gasteiger charge is 2.12. The molecule has 86 valence electrons. The summed E-state index contributed by atoms with van der Waals surface area (Å²) in [5, 5.41) is 8.67. The van der Waals surface area contributed by atoms with Crippen molar-refractivity contribution < 1.29 is 4.74 Å². The van der Waals surface area contributed by atoms with Crippen LogP contribution < -0.4 is 4.74 Å². The number of hydrogen-bond donors (Lipinski definition) is 0. The Morgan fingerprint density at radius 3 is 2.50 bits per heavy atom. The van der Waals surface area contributed by atoms with Crippen LogP contribution in [-0.4, -0.2) is 20.6 Å². The first-order valence-corrected chi connectivity index (χ1v) is 5.52. The normalized spacial score (nSPS) is 12.0. The third-order valence-corrected chi connectivity index (χ3v) is 2.10. The van der Waals surface area contributed by atoms with Gasteiger partial charge in [0.2, 0.25) is 0 Å². The van der Waals surface area contributed by atoms with Gasteiger partial charge in [0.1, 0.15) is 22.4 Å². The average Bonchev–Trinajstić information content (AvgIpc) is 2.57. The molecule has 2 aromatic rings. The van der Waals surface area contributed by atoms with E-state index < -0.39 is 0 Å². The van der Waals surface area contributed by atoms with Gasteiger partial charge in [0.25, 0.3) is 0 Å². The number of rotatable bonds is 2. The van der Waals surface area contributed by atoms with E-state index in [0.29, 0.717) is 0 Å². The van der Waals surface area contributed by atoms with Gasteiger partial charge in [-0.1, -0.05) is 0 Å². The van der Waals surface area contributed by atoms with Crippen LogP contribution in [-0.2, 0) is 6.54 Å². The predicted molar refractivity (Wildman–Crippen MR) is 63.6 cm³/mol. The standard InChI is InChI=1S/C12H17N3O/c1-5-15-13-10-7-6-9(8-11(10)14-15)16-12(2,3)4/h6-8H,5H2,1-4H3. The monoisotopic (exact) mass is 219 g/mol. The number of aromatic nitrogens is 3. The molecule has 0 amide bonds. The number of ether oxygens (including phenoxy) is 1. The van der Waals surface area contributed by atoms with Crippen LogP contribution >= 0.6 is 0 Å². The largest absolute Gasteiger partial charge is 0.488 e. The maximum atomic E-state index is 5.78. The smallest absolute Gasteiger partial charge is 0.122 e. The summed E-state index contributed by atoms with van der Waals surface area (Å²) in [4.78, 5) is 1.69. The van der Waals surface area contributed by atoms with Gasteiger partial charge < -0.3 is 4.74 Å². The molecule has 0 bridgehead atoms. The van der Waals surface area contributed by atoms with E-state index in [0.717, 1.165) is 23.3 Å². The first-order chi connectivity index (χ1) is 7.48. The SMILES string of the molecule is CCn1nc2ccc(OC(C)(C)C)cc2n1. The Hall–Kier alpha value is -1.58. The van der Waals surface area contributed by atoms with E-state index in [-0.39, 0.29) is 5.60 Å². The molecule has 0 spiro atoms. The van der Waals surface area contributed by atoms with Crippen molar-refractivity contribution in [1.82, 2.24) is 15.0 Å². The van der Waals surface area contributed by atoms with E-state index in [2.05, 4.69) is 10.2 Å². The quantitative estimate of drug-likeness (QED) is 0.779. The van der Waals surface area contributed by atoms with Crippen LogP contribution in [0.15, 0.2) is 18.2 Å². The van der Waals surface area contributed by atoms with E-state index in [1.807, 2.05) is 45.9 Å². The third-order valence-electron chi connectivity index (χ3n) is 2.10. The summed E-state index contributed by atoms with van der Waals surface area (Å²) in [7, 11) is 0. The van der Waals surface area contributed by atoms with Crippen molar-refractivity contribution in [3.05, 3.63) is 18.2 Å². The second-order valence-electron chi connectivity index (χ2n) is 4.75. The summed E-state index contributed by atoms with van der Waals surface area (Å²) in [5.74, 6) is 0.836. The zero-order chi connectivity index (χ0) is 11.8. The Bertz CT molecular complexity index is 496. The van der Waals surface area contributed by atoms with Gasteiger partial charge >= 0.3 is 0 Å². The van der Waals surface area contributed by atoms with Crippen LogP contribution in [0.2, 0.25) is 0 Å². The lowest BCUT2D eigenvalue weighted by Gasteiger charge is -2.20. The van der Waals surface area contributed by atoms with Gasteiger partial charge in [-0.3, -0.25) is 0 Å². The summed E-state index contributed by atoms with van der Waals surface area (Å²) < 4.78 is 5.78. The topological polar surface area (TPSA) is 39.9 Å². The first-order valence-electron chi connectivity index (χ1n) is 5.52. The minimum absolute atomic E-state index is 0.186. The molecule has 4 nitrogen and oxygen atoms in total. The molecular weight excluding hydrogens is 202 g/mol. The van der Waals surface area contributed by atoms with Crippen LogP contribution in [0.3, 0.4) is 0 Å². The van der Waals surface area contributed by atoms with Gasteiger partial charge in [-0.05, 0) is 39.8 Å². The highest BCUT2D eigenvalue weighted by Crippen LogP contribution is 2.21. The minimum atomic E-state index is -0.186. The molecule has 2 rings (SSSR count). The summed E-state index contributed by atoms with van der Waals surface area (Å²) in [6, 6.07) is 5.80. The van der Waals surface area contributed by atoms with Gasteiger partial charge in [0.15, 0.2) is 0 Å². The van der Waals surface area contributed by atoms with E-state index >= 15 is 0 Å². The van der Waals surface area contributed by atoms with E-state index in [9.17, 15) is 0 Å². The van der Waals surface area contributed by atoms with E-state index in [4.69, 9.17) is 4.74 Å². The lowest BCUT2D eigenvalue weighted by Crippen LogP contribution is -2.22. The molecule has 0 aliphatic heterocycles. The maximum absolute atomic E-state index is 5.78. The number of nitrogens with zero attached hydrogens (tertiary/aromatic N) is 3. The molecule has 0 unspecified atom stereocenters. The highest BCUT2D eigenvalue weighted by atomic mass is 16.5. The molecule has 0 aliphatic rings. The van der Waals surface area contributed by atoms with Gasteiger partial charge in [-0.25, -0.2) is 0 Å². The maximum Gasteiger partial charge on any atom is 0.122 e. The molecule has 1 heterocycles. The van der Waals surface area contributed by atoms with Gasteiger partial charge in [-0.15, -0.1) is 0 Å². The Kier molecular flexibility index (Phi) is 2.58. The lowest BCUT2D eigenvalue weighted by molar-refractivity contribution is 0.131. The minimum Gasteiger partial charge on any atom is -0.488 e. The molecule has 4 heteroatoms. The van der Waals surface area contributed by atoms with Crippen LogP contribution in [0, 0.1) is 0 Å². The number of aryl methyl sites for hydroxylation is 1. The van der Waals surface area contributed by atoms with Crippen molar-refractivity contribution in [2.24, 2.45) is 0 Å². The highest BCUT2D eigenvalue weighted by molar-refractivity contribution is 5.75. The summed E-state index contributed by atoms with van der Waals surface area (Å²) in [6.45, 7) is 8.88. The van der Waals surface area contributed by atoms with Gasteiger partial charge in [-0.2, -0.15) is 15.0 Å². The fourth-order valence-corrected chi connectivity index (χ4v) is 1.50. The molecule has 0 radical (unpaired) electrons. The summed E-state index contributed by atoms with van der Waals surface area (Å²) >= 11 is 0. The summed E-state index contributed by atoms with van der Waals surface area (Å²) in [5.41, 5.74) is 1.60. The van der Waals surface area contributed by atoms with Crippen molar-refractivity contribution in [3.8, 4) is 5.75 Å². The zero-order valence-electron chi connectivity index (χ0n) is 10.2. The van der Waals surface area contributed by atoms with Crippen LogP contribution in [0.25, 0.3) is 11.0 Å². The molecule has 0 atom stereocenters. The Labute approximate surface area is 95.2 Å². The lowest BCUT2D eigenvalue weighted by atomic mass is 10.2.